The van der Waals surface area contributed by atoms with Crippen LogP contribution in [0.15, 0.2) is 30.3 Å². The monoisotopic (exact) mass is 559 g/mol. The highest BCUT2D eigenvalue weighted by atomic mass is 16.5. The van der Waals surface area contributed by atoms with Gasteiger partial charge in [-0.25, -0.2) is 9.97 Å². The van der Waals surface area contributed by atoms with E-state index in [0.717, 1.165) is 107 Å². The number of piperidine rings is 2. The summed E-state index contributed by atoms with van der Waals surface area (Å²) in [6.07, 6.45) is 11.6. The molecule has 4 aliphatic rings. The van der Waals surface area contributed by atoms with Crippen molar-refractivity contribution >= 4 is 11.9 Å². The number of hydrogen-bond acceptors (Lipinski definition) is 6. The number of para-hydroxylation sites is 1. The molecule has 41 heavy (non-hydrogen) atoms. The van der Waals surface area contributed by atoms with Crippen LogP contribution < -0.4 is 9.64 Å². The van der Waals surface area contributed by atoms with Crippen molar-refractivity contribution < 1.29 is 9.53 Å². The van der Waals surface area contributed by atoms with Crippen molar-refractivity contribution in [1.29, 1.82) is 0 Å². The second-order valence-electron chi connectivity index (χ2n) is 13.4. The first-order valence-electron chi connectivity index (χ1n) is 16.3. The van der Waals surface area contributed by atoms with E-state index in [9.17, 15) is 4.79 Å². The number of ether oxygens (including phenoxy) is 1. The number of anilines is 1. The number of likely N-dealkylation sites (tertiary alicyclic amines) is 1. The van der Waals surface area contributed by atoms with E-state index in [-0.39, 0.29) is 5.92 Å². The number of fused-ring (bicyclic) bond motifs is 1. The number of aryl methyl sites for hydroxylation is 3. The maximum absolute atomic E-state index is 13.7. The third-order valence-corrected chi connectivity index (χ3v) is 10.0. The summed E-state index contributed by atoms with van der Waals surface area (Å²) in [6.45, 7) is 11.7. The second kappa shape index (κ2) is 12.7. The Morgan fingerprint density at radius 3 is 2.39 bits per heavy atom. The van der Waals surface area contributed by atoms with Crippen LogP contribution in [0.1, 0.15) is 74.7 Å². The molecule has 1 spiro atoms. The lowest BCUT2D eigenvalue weighted by molar-refractivity contribution is -0.139. The Morgan fingerprint density at radius 2 is 1.66 bits per heavy atom. The zero-order chi connectivity index (χ0) is 28.2. The highest BCUT2D eigenvalue weighted by Crippen LogP contribution is 2.40. The van der Waals surface area contributed by atoms with E-state index in [1.54, 1.807) is 0 Å². The molecule has 1 aromatic heterocycles. The number of hydrogen-bond donors (Lipinski definition) is 0. The van der Waals surface area contributed by atoms with Crippen molar-refractivity contribution in [3.8, 4) is 5.75 Å². The van der Waals surface area contributed by atoms with E-state index in [0.29, 0.717) is 11.3 Å². The van der Waals surface area contributed by atoms with E-state index >= 15 is 0 Å². The average molecular weight is 560 g/mol. The first kappa shape index (κ1) is 28.4. The Bertz CT molecular complexity index is 1160. The minimum absolute atomic E-state index is 0.131. The maximum atomic E-state index is 13.7. The highest BCUT2D eigenvalue weighted by molar-refractivity contribution is 5.79. The molecular weight excluding hydrogens is 510 g/mol. The van der Waals surface area contributed by atoms with Gasteiger partial charge in [-0.05, 0) is 101 Å². The third kappa shape index (κ3) is 7.22. The zero-order valence-electron chi connectivity index (χ0n) is 25.3. The van der Waals surface area contributed by atoms with Gasteiger partial charge in [-0.15, -0.1) is 0 Å². The second-order valence-corrected chi connectivity index (χ2v) is 13.4. The van der Waals surface area contributed by atoms with Crippen molar-refractivity contribution in [3.63, 3.8) is 0 Å². The molecule has 1 aliphatic carbocycles. The predicted molar refractivity (Wildman–Crippen MR) is 163 cm³/mol. The molecule has 3 fully saturated rings. The van der Waals surface area contributed by atoms with Crippen LogP contribution in [0.4, 0.5) is 5.95 Å². The van der Waals surface area contributed by atoms with E-state index in [2.05, 4.69) is 48.9 Å². The smallest absolute Gasteiger partial charge is 0.225 e. The average Bonchev–Trinajstić information content (AvgIpc) is 3.79. The van der Waals surface area contributed by atoms with Crippen LogP contribution >= 0.6 is 0 Å². The number of carbonyl (C=O) groups excluding carboxylic acids is 1. The molecule has 2 saturated heterocycles. The molecule has 7 nitrogen and oxygen atoms in total. The van der Waals surface area contributed by atoms with Gasteiger partial charge in [-0.3, -0.25) is 9.69 Å². The summed E-state index contributed by atoms with van der Waals surface area (Å²) in [5.74, 6) is 3.28. The lowest BCUT2D eigenvalue weighted by Gasteiger charge is -2.46. The van der Waals surface area contributed by atoms with Crippen molar-refractivity contribution in [3.05, 3.63) is 47.3 Å². The standard InChI is InChI=1S/C34H49N5O2/c1-26-23-27(2)36-33(35-26)39-17-12-30(13-18-39)32(40)38-19-15-34(16-20-38)14-6-5-8-29-7-3-4-9-31(29)41-22-21-37(25-34)24-28-10-11-28/h3-4,7,9,23,28,30H,5-6,8,10-22,24-25H2,1-2H3. The molecule has 4 heterocycles. The first-order valence-corrected chi connectivity index (χ1v) is 16.3. The van der Waals surface area contributed by atoms with Gasteiger partial charge in [0.15, 0.2) is 0 Å². The van der Waals surface area contributed by atoms with Crippen molar-refractivity contribution in [2.24, 2.45) is 17.3 Å². The van der Waals surface area contributed by atoms with E-state index < -0.39 is 0 Å². The van der Waals surface area contributed by atoms with Gasteiger partial charge in [0.1, 0.15) is 12.4 Å². The molecule has 6 rings (SSSR count). The van der Waals surface area contributed by atoms with Gasteiger partial charge in [0, 0.05) is 63.1 Å². The Balaban J connectivity index is 1.06. The Kier molecular flexibility index (Phi) is 8.80. The number of amides is 1. The molecule has 0 radical (unpaired) electrons. The molecule has 0 atom stereocenters. The lowest BCUT2D eigenvalue weighted by atomic mass is 9.73. The number of rotatable bonds is 4. The number of aromatic nitrogens is 2. The number of benzene rings is 1. The fourth-order valence-electron chi connectivity index (χ4n) is 7.45. The zero-order valence-corrected chi connectivity index (χ0v) is 25.3. The largest absolute Gasteiger partial charge is 0.492 e. The maximum Gasteiger partial charge on any atom is 0.225 e. The summed E-state index contributed by atoms with van der Waals surface area (Å²) in [7, 11) is 0. The van der Waals surface area contributed by atoms with Crippen LogP contribution in [0.25, 0.3) is 0 Å². The third-order valence-electron chi connectivity index (χ3n) is 10.0. The van der Waals surface area contributed by atoms with E-state index in [1.165, 1.54) is 44.2 Å². The van der Waals surface area contributed by atoms with Crippen LogP contribution in [0.3, 0.4) is 0 Å². The van der Waals surface area contributed by atoms with Gasteiger partial charge in [-0.1, -0.05) is 24.6 Å². The fourth-order valence-corrected chi connectivity index (χ4v) is 7.45. The molecule has 0 unspecified atom stereocenters. The van der Waals surface area contributed by atoms with Crippen LogP contribution in [-0.4, -0.2) is 78.1 Å². The van der Waals surface area contributed by atoms with Crippen molar-refractivity contribution in [2.75, 3.05) is 57.3 Å². The SMILES string of the molecule is Cc1cc(C)nc(N2CCC(C(=O)N3CCC4(CCCCc5ccccc5OCCN(CC5CC5)C4)CC3)CC2)n1. The van der Waals surface area contributed by atoms with Crippen LogP contribution in [-0.2, 0) is 11.2 Å². The highest BCUT2D eigenvalue weighted by Gasteiger charge is 2.40. The topological polar surface area (TPSA) is 61.8 Å². The van der Waals surface area contributed by atoms with Crippen LogP contribution in [0.5, 0.6) is 5.75 Å². The molecular formula is C34H49N5O2. The van der Waals surface area contributed by atoms with Gasteiger partial charge in [0.2, 0.25) is 11.9 Å². The number of nitrogens with zero attached hydrogens (tertiary/aromatic N) is 5. The molecule has 222 valence electrons. The van der Waals surface area contributed by atoms with Gasteiger partial charge in [-0.2, -0.15) is 0 Å². The lowest BCUT2D eigenvalue weighted by Crippen LogP contribution is -2.51. The summed E-state index contributed by atoms with van der Waals surface area (Å²) < 4.78 is 6.33. The summed E-state index contributed by atoms with van der Waals surface area (Å²) in [5.41, 5.74) is 3.68. The first-order chi connectivity index (χ1) is 20.0. The molecule has 1 amide bonds. The predicted octanol–water partition coefficient (Wildman–Crippen LogP) is 5.44. The van der Waals surface area contributed by atoms with Gasteiger partial charge >= 0.3 is 0 Å². The van der Waals surface area contributed by atoms with Gasteiger partial charge < -0.3 is 14.5 Å². The van der Waals surface area contributed by atoms with E-state index in [1.807, 2.05) is 19.9 Å². The van der Waals surface area contributed by atoms with Crippen molar-refractivity contribution in [2.45, 2.75) is 78.1 Å². The molecule has 0 bridgehead atoms. The molecule has 2 aromatic rings. The Labute approximate surface area is 246 Å². The quantitative estimate of drug-likeness (QED) is 0.498. The number of carbonyl (C=O) groups is 1. The molecule has 0 N–H and O–H groups in total. The molecule has 1 saturated carbocycles. The summed E-state index contributed by atoms with van der Waals surface area (Å²) >= 11 is 0. The minimum Gasteiger partial charge on any atom is -0.492 e. The Hall–Kier alpha value is -2.67. The summed E-state index contributed by atoms with van der Waals surface area (Å²) in [4.78, 5) is 30.1. The summed E-state index contributed by atoms with van der Waals surface area (Å²) in [5, 5.41) is 0. The van der Waals surface area contributed by atoms with Crippen molar-refractivity contribution in [1.82, 2.24) is 19.8 Å². The van der Waals surface area contributed by atoms with E-state index in [4.69, 9.17) is 4.74 Å². The molecule has 3 aliphatic heterocycles. The Morgan fingerprint density at radius 1 is 0.927 bits per heavy atom. The normalized spacial score (nSPS) is 22.9. The fraction of sp³-hybridized carbons (Fsp3) is 0.676. The van der Waals surface area contributed by atoms with Crippen LogP contribution in [0, 0.1) is 31.1 Å². The summed E-state index contributed by atoms with van der Waals surface area (Å²) in [6, 6.07) is 10.6. The molecule has 1 aromatic carbocycles. The van der Waals surface area contributed by atoms with Gasteiger partial charge in [0.05, 0.1) is 0 Å². The molecule has 7 heteroatoms. The van der Waals surface area contributed by atoms with Gasteiger partial charge in [0.25, 0.3) is 0 Å². The van der Waals surface area contributed by atoms with Crippen LogP contribution in [0.2, 0.25) is 0 Å². The minimum atomic E-state index is 0.131.